The van der Waals surface area contributed by atoms with Gasteiger partial charge in [0.1, 0.15) is 18.0 Å². The molecule has 0 saturated carbocycles. The summed E-state index contributed by atoms with van der Waals surface area (Å²) in [5.41, 5.74) is 1.64. The van der Waals surface area contributed by atoms with Crippen LogP contribution in [0.4, 0.5) is 0 Å². The molecule has 3 nitrogen and oxygen atoms in total. The van der Waals surface area contributed by atoms with Crippen LogP contribution in [-0.4, -0.2) is 18.2 Å². The van der Waals surface area contributed by atoms with Gasteiger partial charge in [0, 0.05) is 6.42 Å². The van der Waals surface area contributed by atoms with Crippen LogP contribution in [0.2, 0.25) is 0 Å². The third-order valence-corrected chi connectivity index (χ3v) is 3.73. The fourth-order valence-electron chi connectivity index (χ4n) is 2.62. The van der Waals surface area contributed by atoms with Crippen molar-refractivity contribution in [2.75, 3.05) is 0 Å². The average molecular weight is 270 g/mol. The lowest BCUT2D eigenvalue weighted by Gasteiger charge is -2.17. The molecule has 1 aromatic rings. The summed E-state index contributed by atoms with van der Waals surface area (Å²) in [5.74, 6) is 0.579. The summed E-state index contributed by atoms with van der Waals surface area (Å²) in [6.07, 6.45) is 9.60. The molecule has 1 heterocycles. The summed E-state index contributed by atoms with van der Waals surface area (Å²) in [5, 5.41) is 0. The molecule has 3 rings (SSSR count). The maximum absolute atomic E-state index is 12.1. The molecule has 2 aliphatic rings. The van der Waals surface area contributed by atoms with Crippen LogP contribution >= 0.6 is 0 Å². The Morgan fingerprint density at radius 1 is 1.45 bits per heavy atom. The van der Waals surface area contributed by atoms with Gasteiger partial charge >= 0.3 is 5.97 Å². The van der Waals surface area contributed by atoms with E-state index in [0.717, 1.165) is 37.0 Å². The third-order valence-electron chi connectivity index (χ3n) is 3.73. The van der Waals surface area contributed by atoms with Crippen molar-refractivity contribution in [3.8, 4) is 5.75 Å². The molecule has 0 aromatic heterocycles. The van der Waals surface area contributed by atoms with Gasteiger partial charge in [-0.3, -0.25) is 0 Å². The SMILES string of the molecule is C=CC1Cc2cc(C(=O)OC3C=CCCC3)ccc2O1. The fourth-order valence-corrected chi connectivity index (χ4v) is 2.62. The van der Waals surface area contributed by atoms with Gasteiger partial charge in [0.05, 0.1) is 5.56 Å². The summed E-state index contributed by atoms with van der Waals surface area (Å²) in [7, 11) is 0. The van der Waals surface area contributed by atoms with Crippen LogP contribution in [0.3, 0.4) is 0 Å². The lowest BCUT2D eigenvalue weighted by atomic mass is 10.0. The molecule has 0 bridgehead atoms. The molecule has 0 fully saturated rings. The number of fused-ring (bicyclic) bond motifs is 1. The molecule has 0 amide bonds. The van der Waals surface area contributed by atoms with E-state index in [1.54, 1.807) is 12.1 Å². The number of hydrogen-bond acceptors (Lipinski definition) is 3. The third kappa shape index (κ3) is 2.62. The van der Waals surface area contributed by atoms with E-state index in [1.165, 1.54) is 0 Å². The highest BCUT2D eigenvalue weighted by Gasteiger charge is 2.23. The number of esters is 1. The van der Waals surface area contributed by atoms with Crippen LogP contribution in [0, 0.1) is 0 Å². The van der Waals surface area contributed by atoms with Gasteiger partial charge < -0.3 is 9.47 Å². The predicted octanol–water partition coefficient (Wildman–Crippen LogP) is 3.44. The molecular formula is C17H18O3. The Labute approximate surface area is 118 Å². The summed E-state index contributed by atoms with van der Waals surface area (Å²) >= 11 is 0. The standard InChI is InChI=1S/C17H18O3/c1-2-14-11-13-10-12(8-9-16(13)19-14)17(18)20-15-6-4-3-5-7-15/h2,4,6,8-10,14-15H,1,3,5,7,11H2. The first kappa shape index (κ1) is 13.0. The normalized spacial score (nSPS) is 23.8. The average Bonchev–Trinajstić information content (AvgIpc) is 2.90. The minimum absolute atomic E-state index is 0.0116. The summed E-state index contributed by atoms with van der Waals surface area (Å²) in [4.78, 5) is 12.1. The minimum atomic E-state index is -0.258. The molecule has 104 valence electrons. The number of ether oxygens (including phenoxy) is 2. The minimum Gasteiger partial charge on any atom is -0.486 e. The van der Waals surface area contributed by atoms with Crippen molar-refractivity contribution < 1.29 is 14.3 Å². The maximum atomic E-state index is 12.1. The molecule has 1 aromatic carbocycles. The van der Waals surface area contributed by atoms with Crippen LogP contribution in [-0.2, 0) is 11.2 Å². The molecule has 0 N–H and O–H groups in total. The monoisotopic (exact) mass is 270 g/mol. The van der Waals surface area contributed by atoms with Crippen LogP contribution in [0.1, 0.15) is 35.2 Å². The van der Waals surface area contributed by atoms with E-state index in [9.17, 15) is 4.79 Å². The van der Waals surface area contributed by atoms with Crippen molar-refractivity contribution in [1.82, 2.24) is 0 Å². The molecule has 2 unspecified atom stereocenters. The largest absolute Gasteiger partial charge is 0.486 e. The first-order valence-corrected chi connectivity index (χ1v) is 7.06. The van der Waals surface area contributed by atoms with Gasteiger partial charge in [0.15, 0.2) is 0 Å². The van der Waals surface area contributed by atoms with Crippen molar-refractivity contribution >= 4 is 5.97 Å². The van der Waals surface area contributed by atoms with Gasteiger partial charge in [-0.05, 0) is 49.1 Å². The Balaban J connectivity index is 1.71. The number of rotatable bonds is 3. The molecule has 0 radical (unpaired) electrons. The topological polar surface area (TPSA) is 35.5 Å². The van der Waals surface area contributed by atoms with E-state index in [-0.39, 0.29) is 18.2 Å². The van der Waals surface area contributed by atoms with Crippen molar-refractivity contribution in [2.45, 2.75) is 37.9 Å². The van der Waals surface area contributed by atoms with E-state index >= 15 is 0 Å². The highest BCUT2D eigenvalue weighted by atomic mass is 16.5. The predicted molar refractivity (Wildman–Crippen MR) is 77.0 cm³/mol. The second-order valence-electron chi connectivity index (χ2n) is 5.22. The highest BCUT2D eigenvalue weighted by molar-refractivity contribution is 5.90. The van der Waals surface area contributed by atoms with Crippen LogP contribution in [0.5, 0.6) is 5.75 Å². The molecule has 1 aliphatic carbocycles. The Morgan fingerprint density at radius 2 is 2.35 bits per heavy atom. The van der Waals surface area contributed by atoms with Crippen molar-refractivity contribution in [2.24, 2.45) is 0 Å². The van der Waals surface area contributed by atoms with Gasteiger partial charge in [0.2, 0.25) is 0 Å². The highest BCUT2D eigenvalue weighted by Crippen LogP contribution is 2.30. The summed E-state index contributed by atoms with van der Waals surface area (Å²) in [6, 6.07) is 5.47. The second kappa shape index (κ2) is 5.53. The lowest BCUT2D eigenvalue weighted by Crippen LogP contribution is -2.17. The smallest absolute Gasteiger partial charge is 0.338 e. The molecule has 0 spiro atoms. The molecular weight excluding hydrogens is 252 g/mol. The van der Waals surface area contributed by atoms with Crippen molar-refractivity contribution in [1.29, 1.82) is 0 Å². The van der Waals surface area contributed by atoms with Gasteiger partial charge in [-0.15, -0.1) is 0 Å². The second-order valence-corrected chi connectivity index (χ2v) is 5.22. The van der Waals surface area contributed by atoms with E-state index in [2.05, 4.69) is 12.7 Å². The molecule has 1 aliphatic heterocycles. The maximum Gasteiger partial charge on any atom is 0.338 e. The number of carbonyl (C=O) groups excluding carboxylic acids is 1. The van der Waals surface area contributed by atoms with Gasteiger partial charge in [-0.2, -0.15) is 0 Å². The number of allylic oxidation sites excluding steroid dienone is 1. The fraction of sp³-hybridized carbons (Fsp3) is 0.353. The van der Waals surface area contributed by atoms with Crippen LogP contribution in [0.25, 0.3) is 0 Å². The zero-order valence-electron chi connectivity index (χ0n) is 11.4. The van der Waals surface area contributed by atoms with Crippen molar-refractivity contribution in [3.63, 3.8) is 0 Å². The van der Waals surface area contributed by atoms with E-state index in [4.69, 9.17) is 9.47 Å². The van der Waals surface area contributed by atoms with Gasteiger partial charge in [-0.1, -0.05) is 18.7 Å². The number of benzene rings is 1. The lowest BCUT2D eigenvalue weighted by molar-refractivity contribution is 0.0370. The van der Waals surface area contributed by atoms with E-state index in [1.807, 2.05) is 18.2 Å². The molecule has 3 heteroatoms. The first-order valence-electron chi connectivity index (χ1n) is 7.06. The number of hydrogen-bond donors (Lipinski definition) is 0. The quantitative estimate of drug-likeness (QED) is 0.623. The Kier molecular flexibility index (Phi) is 3.59. The van der Waals surface area contributed by atoms with E-state index in [0.29, 0.717) is 5.56 Å². The van der Waals surface area contributed by atoms with Gasteiger partial charge in [0.25, 0.3) is 0 Å². The molecule has 0 saturated heterocycles. The summed E-state index contributed by atoms with van der Waals surface area (Å²) in [6.45, 7) is 3.74. The van der Waals surface area contributed by atoms with Crippen LogP contribution < -0.4 is 4.74 Å². The molecule has 20 heavy (non-hydrogen) atoms. The Hall–Kier alpha value is -2.03. The van der Waals surface area contributed by atoms with Gasteiger partial charge in [-0.25, -0.2) is 4.79 Å². The molecule has 2 atom stereocenters. The Morgan fingerprint density at radius 3 is 3.10 bits per heavy atom. The van der Waals surface area contributed by atoms with Crippen LogP contribution in [0.15, 0.2) is 43.0 Å². The Bertz CT molecular complexity index is 559. The van der Waals surface area contributed by atoms with E-state index < -0.39 is 0 Å². The zero-order valence-corrected chi connectivity index (χ0v) is 11.4. The first-order chi connectivity index (χ1) is 9.76. The number of carbonyl (C=O) groups is 1. The zero-order chi connectivity index (χ0) is 13.9. The summed E-state index contributed by atoms with van der Waals surface area (Å²) < 4.78 is 11.2. The van der Waals surface area contributed by atoms with Crippen molar-refractivity contribution in [3.05, 3.63) is 54.1 Å².